The van der Waals surface area contributed by atoms with Crippen LogP contribution < -0.4 is 4.74 Å². The molecular weight excluding hydrogens is 274 g/mol. The van der Waals surface area contributed by atoms with Gasteiger partial charge in [0.05, 0.1) is 6.61 Å². The number of aliphatic hydroxyl groups is 1. The van der Waals surface area contributed by atoms with Crippen LogP contribution >= 0.6 is 0 Å². The molecule has 2 nitrogen and oxygen atoms in total. The summed E-state index contributed by atoms with van der Waals surface area (Å²) in [6, 6.07) is 10.5. The van der Waals surface area contributed by atoms with Crippen molar-refractivity contribution < 1.29 is 18.6 Å². The summed E-state index contributed by atoms with van der Waals surface area (Å²) in [5.74, 6) is 4.61. The number of ether oxygens (including phenoxy) is 1. The second-order valence-electron chi connectivity index (χ2n) is 4.30. The van der Waals surface area contributed by atoms with Crippen LogP contribution in [0.4, 0.5) is 8.78 Å². The maximum Gasteiger partial charge on any atom is 0.165 e. The molecule has 2 aromatic carbocycles. The lowest BCUT2D eigenvalue weighted by atomic mass is 10.1. The predicted molar refractivity (Wildman–Crippen MR) is 75.7 cm³/mol. The van der Waals surface area contributed by atoms with Gasteiger partial charge in [-0.3, -0.25) is 0 Å². The molecule has 0 radical (unpaired) electrons. The Kier molecular flexibility index (Phi) is 5.30. The molecular formula is C17H14F2O2. The van der Waals surface area contributed by atoms with E-state index in [1.165, 1.54) is 18.2 Å². The summed E-state index contributed by atoms with van der Waals surface area (Å²) in [4.78, 5) is 0. The van der Waals surface area contributed by atoms with Crippen LogP contribution in [-0.2, 0) is 6.61 Å². The Morgan fingerprint density at radius 1 is 1.05 bits per heavy atom. The molecule has 0 atom stereocenters. The molecule has 0 aliphatic carbocycles. The zero-order valence-electron chi connectivity index (χ0n) is 11.3. The molecule has 2 aromatic rings. The lowest BCUT2D eigenvalue weighted by molar-refractivity contribution is 0.285. The fourth-order valence-corrected chi connectivity index (χ4v) is 1.68. The van der Waals surface area contributed by atoms with Gasteiger partial charge in [0.25, 0.3) is 0 Å². The van der Waals surface area contributed by atoms with Gasteiger partial charge in [-0.25, -0.2) is 8.78 Å². The SMILES string of the molecule is OCCC#Cc1ccc(COc2ccccc2F)c(F)c1. The summed E-state index contributed by atoms with van der Waals surface area (Å²) in [7, 11) is 0. The summed E-state index contributed by atoms with van der Waals surface area (Å²) >= 11 is 0. The molecule has 108 valence electrons. The highest BCUT2D eigenvalue weighted by Gasteiger charge is 2.06. The largest absolute Gasteiger partial charge is 0.486 e. The van der Waals surface area contributed by atoms with Gasteiger partial charge >= 0.3 is 0 Å². The first kappa shape index (κ1) is 15.0. The first-order valence-corrected chi connectivity index (χ1v) is 6.46. The smallest absolute Gasteiger partial charge is 0.165 e. The van der Waals surface area contributed by atoms with Crippen molar-refractivity contribution in [2.45, 2.75) is 13.0 Å². The van der Waals surface area contributed by atoms with Crippen molar-refractivity contribution in [1.29, 1.82) is 0 Å². The third-order valence-corrected chi connectivity index (χ3v) is 2.74. The zero-order valence-corrected chi connectivity index (χ0v) is 11.3. The number of halogens is 2. The molecule has 0 saturated heterocycles. The molecule has 0 saturated carbocycles. The number of para-hydroxylation sites is 1. The van der Waals surface area contributed by atoms with Crippen molar-refractivity contribution in [3.05, 3.63) is 65.2 Å². The second-order valence-corrected chi connectivity index (χ2v) is 4.30. The number of hydrogen-bond acceptors (Lipinski definition) is 2. The molecule has 0 aliphatic heterocycles. The van der Waals surface area contributed by atoms with Crippen molar-refractivity contribution in [3.63, 3.8) is 0 Å². The van der Waals surface area contributed by atoms with Crippen molar-refractivity contribution in [1.82, 2.24) is 0 Å². The fraction of sp³-hybridized carbons (Fsp3) is 0.176. The summed E-state index contributed by atoms with van der Waals surface area (Å²) in [5.41, 5.74) is 0.849. The summed E-state index contributed by atoms with van der Waals surface area (Å²) < 4.78 is 32.5. The molecule has 0 heterocycles. The minimum absolute atomic E-state index is 0.0238. The van der Waals surface area contributed by atoms with E-state index in [4.69, 9.17) is 9.84 Å². The van der Waals surface area contributed by atoms with Crippen LogP contribution in [0, 0.1) is 23.5 Å². The van der Waals surface area contributed by atoms with Gasteiger partial charge in [0.15, 0.2) is 11.6 Å². The summed E-state index contributed by atoms with van der Waals surface area (Å²) in [6.07, 6.45) is 0.347. The lowest BCUT2D eigenvalue weighted by Gasteiger charge is -2.08. The van der Waals surface area contributed by atoms with E-state index in [1.54, 1.807) is 24.3 Å². The Morgan fingerprint density at radius 3 is 2.57 bits per heavy atom. The van der Waals surface area contributed by atoms with Gasteiger partial charge in [-0.15, -0.1) is 0 Å². The Balaban J connectivity index is 2.05. The molecule has 0 unspecified atom stereocenters. The van der Waals surface area contributed by atoms with Crippen LogP contribution in [0.25, 0.3) is 0 Å². The van der Waals surface area contributed by atoms with E-state index in [0.29, 0.717) is 17.5 Å². The van der Waals surface area contributed by atoms with Crippen molar-refractivity contribution in [3.8, 4) is 17.6 Å². The minimum atomic E-state index is -0.482. The van der Waals surface area contributed by atoms with Gasteiger partial charge in [0.2, 0.25) is 0 Å². The van der Waals surface area contributed by atoms with Gasteiger partial charge in [-0.2, -0.15) is 0 Å². The van der Waals surface area contributed by atoms with E-state index < -0.39 is 11.6 Å². The van der Waals surface area contributed by atoms with Crippen molar-refractivity contribution in [2.24, 2.45) is 0 Å². The molecule has 2 rings (SSSR count). The monoisotopic (exact) mass is 288 g/mol. The molecule has 0 aliphatic rings. The third-order valence-electron chi connectivity index (χ3n) is 2.74. The molecule has 0 amide bonds. The average Bonchev–Trinajstić information content (AvgIpc) is 2.48. The quantitative estimate of drug-likeness (QED) is 0.875. The summed E-state index contributed by atoms with van der Waals surface area (Å²) in [5, 5.41) is 8.62. The van der Waals surface area contributed by atoms with E-state index in [9.17, 15) is 8.78 Å². The van der Waals surface area contributed by atoms with Crippen LogP contribution in [0.3, 0.4) is 0 Å². The summed E-state index contributed by atoms with van der Waals surface area (Å²) in [6.45, 7) is -0.0822. The fourth-order valence-electron chi connectivity index (χ4n) is 1.68. The highest BCUT2D eigenvalue weighted by atomic mass is 19.1. The molecule has 1 N–H and O–H groups in total. The first-order chi connectivity index (χ1) is 10.2. The van der Waals surface area contributed by atoms with Crippen LogP contribution in [0.1, 0.15) is 17.5 Å². The molecule has 4 heteroatoms. The van der Waals surface area contributed by atoms with Gasteiger partial charge in [-0.05, 0) is 24.3 Å². The Bertz CT molecular complexity index is 672. The molecule has 0 fully saturated rings. The Labute approximate surface area is 122 Å². The van der Waals surface area contributed by atoms with Crippen LogP contribution in [0.5, 0.6) is 5.75 Å². The van der Waals surface area contributed by atoms with Gasteiger partial charge in [-0.1, -0.05) is 30.0 Å². The molecule has 0 bridgehead atoms. The zero-order chi connectivity index (χ0) is 15.1. The van der Waals surface area contributed by atoms with Gasteiger partial charge in [0, 0.05) is 17.5 Å². The van der Waals surface area contributed by atoms with E-state index in [-0.39, 0.29) is 19.0 Å². The normalized spacial score (nSPS) is 9.86. The topological polar surface area (TPSA) is 29.5 Å². The van der Waals surface area contributed by atoms with Crippen LogP contribution in [0.2, 0.25) is 0 Å². The third kappa shape index (κ3) is 4.30. The number of rotatable bonds is 4. The highest BCUT2D eigenvalue weighted by Crippen LogP contribution is 2.18. The second kappa shape index (κ2) is 7.41. The number of aliphatic hydroxyl groups excluding tert-OH is 1. The standard InChI is InChI=1S/C17H14F2O2/c18-15-6-1-2-7-17(15)21-12-14-9-8-13(11-16(14)19)5-3-4-10-20/h1-2,6-9,11,20H,4,10,12H2. The van der Waals surface area contributed by atoms with Crippen molar-refractivity contribution in [2.75, 3.05) is 6.61 Å². The highest BCUT2D eigenvalue weighted by molar-refractivity contribution is 5.37. The first-order valence-electron chi connectivity index (χ1n) is 6.46. The minimum Gasteiger partial charge on any atom is -0.486 e. The van der Waals surface area contributed by atoms with Crippen LogP contribution in [-0.4, -0.2) is 11.7 Å². The van der Waals surface area contributed by atoms with E-state index in [1.807, 2.05) is 0 Å². The van der Waals surface area contributed by atoms with Gasteiger partial charge < -0.3 is 9.84 Å². The maximum atomic E-state index is 13.9. The van der Waals surface area contributed by atoms with Gasteiger partial charge in [0.1, 0.15) is 12.4 Å². The number of hydrogen-bond donors (Lipinski definition) is 1. The predicted octanol–water partition coefficient (Wildman–Crippen LogP) is 3.28. The lowest BCUT2D eigenvalue weighted by Crippen LogP contribution is -2.00. The molecule has 0 aromatic heterocycles. The van der Waals surface area contributed by atoms with Crippen LogP contribution in [0.15, 0.2) is 42.5 Å². The number of benzene rings is 2. The van der Waals surface area contributed by atoms with E-state index >= 15 is 0 Å². The van der Waals surface area contributed by atoms with E-state index in [2.05, 4.69) is 11.8 Å². The average molecular weight is 288 g/mol. The maximum absolute atomic E-state index is 13.9. The Morgan fingerprint density at radius 2 is 1.86 bits per heavy atom. The molecule has 0 spiro atoms. The molecule has 21 heavy (non-hydrogen) atoms. The van der Waals surface area contributed by atoms with E-state index in [0.717, 1.165) is 0 Å². The van der Waals surface area contributed by atoms with Crippen molar-refractivity contribution >= 4 is 0 Å². The Hall–Kier alpha value is -2.38.